The number of aromatic carboxylic acids is 1. The Morgan fingerprint density at radius 1 is 1.39 bits per heavy atom. The van der Waals surface area contributed by atoms with Gasteiger partial charge in [-0.3, -0.25) is 4.68 Å². The Morgan fingerprint density at radius 3 is 2.67 bits per heavy atom. The van der Waals surface area contributed by atoms with Gasteiger partial charge in [-0.2, -0.15) is 5.10 Å². The molecule has 0 atom stereocenters. The number of aldehydes is 1. The molecule has 0 radical (unpaired) electrons. The van der Waals surface area contributed by atoms with Gasteiger partial charge >= 0.3 is 12.1 Å². The molecule has 1 amide bonds. The van der Waals surface area contributed by atoms with E-state index in [2.05, 4.69) is 5.10 Å². The summed E-state index contributed by atoms with van der Waals surface area (Å²) in [5.74, 6) is -1.21. The molecule has 0 saturated carbocycles. The van der Waals surface area contributed by atoms with E-state index in [1.165, 1.54) is 0 Å². The molecule has 0 bridgehead atoms. The first kappa shape index (κ1) is 12.1. The predicted molar refractivity (Wildman–Crippen MR) is 57.4 cm³/mol. The molecule has 1 aliphatic rings. The standard InChI is InChI=1S/C10H11N3O5/c14-4-3-13-8(9(15)16)6-5-12(10(17)18)2-1-7(6)11-13/h4H,1-3,5H2,(H,15,16)(H,17,18). The molecule has 0 aromatic carbocycles. The second-order valence-electron chi connectivity index (χ2n) is 3.88. The lowest BCUT2D eigenvalue weighted by atomic mass is 10.1. The van der Waals surface area contributed by atoms with E-state index in [0.717, 1.165) is 9.58 Å². The molecule has 96 valence electrons. The third-order valence-electron chi connectivity index (χ3n) is 2.82. The lowest BCUT2D eigenvalue weighted by molar-refractivity contribution is -0.108. The van der Waals surface area contributed by atoms with E-state index in [1.54, 1.807) is 0 Å². The smallest absolute Gasteiger partial charge is 0.407 e. The van der Waals surface area contributed by atoms with Crippen molar-refractivity contribution in [1.82, 2.24) is 14.7 Å². The molecule has 1 aromatic rings. The zero-order valence-corrected chi connectivity index (χ0v) is 9.37. The van der Waals surface area contributed by atoms with Crippen molar-refractivity contribution in [2.75, 3.05) is 6.54 Å². The van der Waals surface area contributed by atoms with Gasteiger partial charge in [0.15, 0.2) is 5.69 Å². The van der Waals surface area contributed by atoms with Crippen molar-refractivity contribution in [1.29, 1.82) is 0 Å². The van der Waals surface area contributed by atoms with E-state index in [9.17, 15) is 14.4 Å². The van der Waals surface area contributed by atoms with Crippen LogP contribution in [0.2, 0.25) is 0 Å². The van der Waals surface area contributed by atoms with Crippen LogP contribution in [0.1, 0.15) is 21.7 Å². The molecule has 0 spiro atoms. The van der Waals surface area contributed by atoms with Gasteiger partial charge in [0.25, 0.3) is 0 Å². The number of carbonyl (C=O) groups is 3. The summed E-state index contributed by atoms with van der Waals surface area (Å²) in [6.45, 7) is 0.117. The average molecular weight is 253 g/mol. The van der Waals surface area contributed by atoms with Crippen molar-refractivity contribution in [2.45, 2.75) is 19.5 Å². The van der Waals surface area contributed by atoms with Gasteiger partial charge in [-0.25, -0.2) is 9.59 Å². The van der Waals surface area contributed by atoms with E-state index < -0.39 is 12.1 Å². The molecular weight excluding hydrogens is 242 g/mol. The van der Waals surface area contributed by atoms with E-state index >= 15 is 0 Å². The highest BCUT2D eigenvalue weighted by Crippen LogP contribution is 2.22. The van der Waals surface area contributed by atoms with Gasteiger partial charge in [0.05, 0.1) is 18.8 Å². The van der Waals surface area contributed by atoms with Crippen LogP contribution in [0.25, 0.3) is 0 Å². The van der Waals surface area contributed by atoms with E-state index in [1.807, 2.05) is 0 Å². The maximum Gasteiger partial charge on any atom is 0.407 e. The molecule has 18 heavy (non-hydrogen) atoms. The normalized spacial score (nSPS) is 14.1. The number of rotatable bonds is 3. The quantitative estimate of drug-likeness (QED) is 0.722. The van der Waals surface area contributed by atoms with Crippen LogP contribution < -0.4 is 0 Å². The van der Waals surface area contributed by atoms with Crippen molar-refractivity contribution in [3.8, 4) is 0 Å². The highest BCUT2D eigenvalue weighted by molar-refractivity contribution is 5.88. The largest absolute Gasteiger partial charge is 0.477 e. The zero-order valence-electron chi connectivity index (χ0n) is 9.37. The number of nitrogens with zero attached hydrogens (tertiary/aromatic N) is 3. The third-order valence-corrected chi connectivity index (χ3v) is 2.82. The van der Waals surface area contributed by atoms with Crippen molar-refractivity contribution in [2.24, 2.45) is 0 Å². The molecule has 8 heteroatoms. The topological polar surface area (TPSA) is 113 Å². The number of amides is 1. The Morgan fingerprint density at radius 2 is 2.11 bits per heavy atom. The maximum atomic E-state index is 11.2. The summed E-state index contributed by atoms with van der Waals surface area (Å²) < 4.78 is 1.10. The number of fused-ring (bicyclic) bond motifs is 1. The highest BCUT2D eigenvalue weighted by Gasteiger charge is 2.29. The van der Waals surface area contributed by atoms with Gasteiger partial charge in [-0.15, -0.1) is 0 Å². The second-order valence-corrected chi connectivity index (χ2v) is 3.88. The van der Waals surface area contributed by atoms with Gasteiger partial charge in [0.2, 0.25) is 0 Å². The molecular formula is C10H11N3O5. The van der Waals surface area contributed by atoms with Crippen LogP contribution in [0.4, 0.5) is 4.79 Å². The van der Waals surface area contributed by atoms with Gasteiger partial charge in [0, 0.05) is 18.5 Å². The maximum absolute atomic E-state index is 11.2. The first-order valence-corrected chi connectivity index (χ1v) is 5.28. The Kier molecular flexibility index (Phi) is 3.00. The first-order chi connectivity index (χ1) is 8.54. The number of hydrogen-bond donors (Lipinski definition) is 2. The van der Waals surface area contributed by atoms with Gasteiger partial charge in [0.1, 0.15) is 6.29 Å². The lowest BCUT2D eigenvalue weighted by Crippen LogP contribution is -2.35. The van der Waals surface area contributed by atoms with Crippen LogP contribution in [0.15, 0.2) is 0 Å². The van der Waals surface area contributed by atoms with E-state index in [4.69, 9.17) is 10.2 Å². The lowest BCUT2D eigenvalue weighted by Gasteiger charge is -2.23. The average Bonchev–Trinajstić information content (AvgIpc) is 2.66. The number of carboxylic acid groups (broad SMARTS) is 2. The highest BCUT2D eigenvalue weighted by atomic mass is 16.4. The molecule has 8 nitrogen and oxygen atoms in total. The monoisotopic (exact) mass is 253 g/mol. The summed E-state index contributed by atoms with van der Waals surface area (Å²) in [7, 11) is 0. The Balaban J connectivity index is 2.44. The number of carboxylic acids is 1. The van der Waals surface area contributed by atoms with Crippen LogP contribution in [0, 0.1) is 0 Å². The summed E-state index contributed by atoms with van der Waals surface area (Å²) in [6, 6.07) is 0. The minimum Gasteiger partial charge on any atom is -0.477 e. The summed E-state index contributed by atoms with van der Waals surface area (Å²) in [5.41, 5.74) is 0.813. The Hall–Kier alpha value is -2.38. The summed E-state index contributed by atoms with van der Waals surface area (Å²) in [4.78, 5) is 33.6. The minimum absolute atomic E-state index is 0.00877. The fraction of sp³-hybridized carbons (Fsp3) is 0.400. The first-order valence-electron chi connectivity index (χ1n) is 5.28. The molecule has 0 aliphatic carbocycles. The molecule has 1 aromatic heterocycles. The Labute approximate surface area is 101 Å². The zero-order chi connectivity index (χ0) is 13.3. The van der Waals surface area contributed by atoms with Crippen LogP contribution >= 0.6 is 0 Å². The molecule has 0 saturated heterocycles. The van der Waals surface area contributed by atoms with Gasteiger partial charge in [-0.05, 0) is 0 Å². The summed E-state index contributed by atoms with van der Waals surface area (Å²) in [6.07, 6.45) is -0.187. The summed E-state index contributed by atoms with van der Waals surface area (Å²) >= 11 is 0. The predicted octanol–water partition coefficient (Wildman–Crippen LogP) is -0.184. The fourth-order valence-electron chi connectivity index (χ4n) is 2.03. The van der Waals surface area contributed by atoms with Gasteiger partial charge in [-0.1, -0.05) is 0 Å². The fourth-order valence-corrected chi connectivity index (χ4v) is 2.03. The van der Waals surface area contributed by atoms with Gasteiger partial charge < -0.3 is 19.9 Å². The van der Waals surface area contributed by atoms with Crippen LogP contribution in [0.3, 0.4) is 0 Å². The van der Waals surface area contributed by atoms with Crippen molar-refractivity contribution < 1.29 is 24.6 Å². The molecule has 2 rings (SSSR count). The molecule has 2 N–H and O–H groups in total. The van der Waals surface area contributed by atoms with E-state index in [0.29, 0.717) is 24.0 Å². The second kappa shape index (κ2) is 4.47. The third kappa shape index (κ3) is 1.92. The number of hydrogen-bond acceptors (Lipinski definition) is 4. The molecule has 2 heterocycles. The Bertz CT molecular complexity index is 522. The minimum atomic E-state index is -1.21. The number of carbonyl (C=O) groups excluding carboxylic acids is 1. The van der Waals surface area contributed by atoms with Crippen molar-refractivity contribution in [3.05, 3.63) is 17.0 Å². The van der Waals surface area contributed by atoms with Crippen molar-refractivity contribution in [3.63, 3.8) is 0 Å². The number of aromatic nitrogens is 2. The SMILES string of the molecule is O=CCn1nc2c(c1C(=O)O)CN(C(=O)O)CC2. The molecule has 0 fully saturated rings. The van der Waals surface area contributed by atoms with Crippen LogP contribution in [-0.4, -0.2) is 49.8 Å². The molecule has 1 aliphatic heterocycles. The molecule has 0 unspecified atom stereocenters. The van der Waals surface area contributed by atoms with Crippen LogP contribution in [0.5, 0.6) is 0 Å². The summed E-state index contributed by atoms with van der Waals surface area (Å²) in [5, 5.41) is 22.1. The van der Waals surface area contributed by atoms with E-state index in [-0.39, 0.29) is 25.3 Å². The van der Waals surface area contributed by atoms with Crippen LogP contribution in [-0.2, 0) is 24.3 Å². The van der Waals surface area contributed by atoms with Crippen molar-refractivity contribution >= 4 is 18.3 Å².